The molecule has 0 bridgehead atoms. The number of amides is 3. The Morgan fingerprint density at radius 1 is 1.16 bits per heavy atom. The van der Waals surface area contributed by atoms with Crippen molar-refractivity contribution >= 4 is 23.6 Å². The van der Waals surface area contributed by atoms with Crippen LogP contribution in [0.5, 0.6) is 0 Å². The third-order valence-corrected chi connectivity index (χ3v) is 3.80. The lowest BCUT2D eigenvalue weighted by molar-refractivity contribution is -0.116. The summed E-state index contributed by atoms with van der Waals surface area (Å²) in [6.45, 7) is 4.39. The quantitative estimate of drug-likeness (QED) is 0.922. The average molecular weight is 343 g/mol. The van der Waals surface area contributed by atoms with Gasteiger partial charge >= 0.3 is 6.03 Å². The minimum Gasteiger partial charge on any atom is -0.313 e. The molecule has 8 heteroatoms. The molecule has 1 N–H and O–H groups in total. The van der Waals surface area contributed by atoms with Crippen LogP contribution < -0.4 is 10.2 Å². The van der Waals surface area contributed by atoms with Crippen LogP contribution in [0.15, 0.2) is 30.3 Å². The number of nitrogens with zero attached hydrogens (tertiary/aromatic N) is 4. The molecule has 1 aliphatic rings. The second kappa shape index (κ2) is 6.84. The Morgan fingerprint density at radius 2 is 1.80 bits per heavy atom. The first-order valence-corrected chi connectivity index (χ1v) is 7.86. The minimum absolute atomic E-state index is 0.0904. The molecule has 0 radical (unpaired) electrons. The molecule has 0 saturated carbocycles. The molecule has 7 nitrogen and oxygen atoms in total. The predicted molar refractivity (Wildman–Crippen MR) is 90.9 cm³/mol. The number of rotatable bonds is 4. The van der Waals surface area contributed by atoms with E-state index < -0.39 is 0 Å². The summed E-state index contributed by atoms with van der Waals surface area (Å²) in [6, 6.07) is 7.20. The molecule has 25 heavy (non-hydrogen) atoms. The van der Waals surface area contributed by atoms with E-state index in [1.165, 1.54) is 21.9 Å². The fraction of sp³-hybridized carbons (Fsp3) is 0.294. The summed E-state index contributed by atoms with van der Waals surface area (Å²) in [4.78, 5) is 35.8. The van der Waals surface area contributed by atoms with Crippen molar-refractivity contribution in [2.24, 2.45) is 0 Å². The second-order valence-corrected chi connectivity index (χ2v) is 5.85. The first kappa shape index (κ1) is 16.8. The summed E-state index contributed by atoms with van der Waals surface area (Å²) in [5.74, 6) is -0.496. The van der Waals surface area contributed by atoms with E-state index in [2.05, 4.69) is 15.3 Å². The SMILES string of the molecule is Cc1cc(C)nc(NC(=O)CN2CCN(c3ccc(F)cc3)C2=O)n1. The number of hydrogen-bond donors (Lipinski definition) is 1. The van der Waals surface area contributed by atoms with E-state index in [4.69, 9.17) is 0 Å². The summed E-state index contributed by atoms with van der Waals surface area (Å²) in [7, 11) is 0. The molecule has 2 aromatic rings. The minimum atomic E-state index is -0.362. The number of aromatic nitrogens is 2. The Labute approximate surface area is 144 Å². The van der Waals surface area contributed by atoms with Crippen molar-refractivity contribution in [1.82, 2.24) is 14.9 Å². The number of carbonyl (C=O) groups excluding carboxylic acids is 2. The number of anilines is 2. The van der Waals surface area contributed by atoms with E-state index >= 15 is 0 Å². The molecule has 0 atom stereocenters. The maximum absolute atomic E-state index is 13.0. The molecule has 1 aromatic carbocycles. The fourth-order valence-electron chi connectivity index (χ4n) is 2.71. The van der Waals surface area contributed by atoms with Gasteiger partial charge in [0.2, 0.25) is 11.9 Å². The van der Waals surface area contributed by atoms with Gasteiger partial charge in [-0.05, 0) is 44.2 Å². The molecule has 130 valence electrons. The van der Waals surface area contributed by atoms with E-state index in [0.717, 1.165) is 11.4 Å². The maximum atomic E-state index is 13.0. The molecule has 1 fully saturated rings. The standard InChI is InChI=1S/C17H18FN5O2/c1-11-9-12(2)20-16(19-11)21-15(24)10-22-7-8-23(17(22)25)14-5-3-13(18)4-6-14/h3-6,9H,7-8,10H2,1-2H3,(H,19,20,21,24). The van der Waals surface area contributed by atoms with Crippen LogP contribution in [-0.4, -0.2) is 46.4 Å². The van der Waals surface area contributed by atoms with E-state index in [-0.39, 0.29) is 30.2 Å². The highest BCUT2D eigenvalue weighted by Crippen LogP contribution is 2.20. The maximum Gasteiger partial charge on any atom is 0.325 e. The van der Waals surface area contributed by atoms with E-state index in [1.807, 2.05) is 13.8 Å². The first-order valence-electron chi connectivity index (χ1n) is 7.86. The van der Waals surface area contributed by atoms with Crippen molar-refractivity contribution < 1.29 is 14.0 Å². The van der Waals surface area contributed by atoms with Gasteiger partial charge in [-0.15, -0.1) is 0 Å². The van der Waals surface area contributed by atoms with Crippen LogP contribution in [0.25, 0.3) is 0 Å². The normalized spacial score (nSPS) is 14.1. The molecule has 3 rings (SSSR count). The number of aryl methyl sites for hydroxylation is 2. The van der Waals surface area contributed by atoms with Gasteiger partial charge < -0.3 is 4.90 Å². The highest BCUT2D eigenvalue weighted by molar-refractivity contribution is 5.98. The van der Waals surface area contributed by atoms with Crippen molar-refractivity contribution in [3.05, 3.63) is 47.5 Å². The van der Waals surface area contributed by atoms with Crippen molar-refractivity contribution in [2.45, 2.75) is 13.8 Å². The number of urea groups is 1. The Bertz CT molecular complexity index is 789. The van der Waals surface area contributed by atoms with Crippen LogP contribution in [0.3, 0.4) is 0 Å². The number of halogens is 1. The van der Waals surface area contributed by atoms with Gasteiger partial charge in [-0.2, -0.15) is 0 Å². The summed E-state index contributed by atoms with van der Waals surface area (Å²) in [5, 5.41) is 2.61. The van der Waals surface area contributed by atoms with Crippen LogP contribution >= 0.6 is 0 Å². The van der Waals surface area contributed by atoms with Crippen molar-refractivity contribution in [2.75, 3.05) is 29.9 Å². The second-order valence-electron chi connectivity index (χ2n) is 5.85. The summed E-state index contributed by atoms with van der Waals surface area (Å²) in [5.41, 5.74) is 2.11. The topological polar surface area (TPSA) is 78.4 Å². The molecule has 0 spiro atoms. The largest absolute Gasteiger partial charge is 0.325 e. The zero-order valence-corrected chi connectivity index (χ0v) is 14.0. The Balaban J connectivity index is 1.62. The van der Waals surface area contributed by atoms with Gasteiger partial charge in [-0.25, -0.2) is 19.2 Å². The van der Waals surface area contributed by atoms with Crippen LogP contribution in [0.2, 0.25) is 0 Å². The zero-order valence-electron chi connectivity index (χ0n) is 14.0. The van der Waals surface area contributed by atoms with Gasteiger partial charge in [0.15, 0.2) is 0 Å². The van der Waals surface area contributed by atoms with Crippen molar-refractivity contribution in [3.8, 4) is 0 Å². The fourth-order valence-corrected chi connectivity index (χ4v) is 2.71. The molecule has 1 aliphatic heterocycles. The van der Waals surface area contributed by atoms with Crippen molar-refractivity contribution in [1.29, 1.82) is 0 Å². The predicted octanol–water partition coefficient (Wildman–Crippen LogP) is 2.11. The first-order chi connectivity index (χ1) is 11.9. The average Bonchev–Trinajstić information content (AvgIpc) is 2.88. The van der Waals surface area contributed by atoms with Gasteiger partial charge in [0.25, 0.3) is 0 Å². The smallest absolute Gasteiger partial charge is 0.313 e. The van der Waals surface area contributed by atoms with E-state index in [1.54, 1.807) is 18.2 Å². The van der Waals surface area contributed by atoms with Gasteiger partial charge in [-0.1, -0.05) is 0 Å². The highest BCUT2D eigenvalue weighted by Gasteiger charge is 2.30. The van der Waals surface area contributed by atoms with E-state index in [0.29, 0.717) is 18.8 Å². The van der Waals surface area contributed by atoms with Crippen LogP contribution in [0.1, 0.15) is 11.4 Å². The van der Waals surface area contributed by atoms with Crippen molar-refractivity contribution in [3.63, 3.8) is 0 Å². The lowest BCUT2D eigenvalue weighted by Gasteiger charge is -2.18. The third kappa shape index (κ3) is 3.90. The number of carbonyl (C=O) groups is 2. The summed E-state index contributed by atoms with van der Waals surface area (Å²) >= 11 is 0. The lowest BCUT2D eigenvalue weighted by Crippen LogP contribution is -2.37. The zero-order chi connectivity index (χ0) is 18.0. The summed E-state index contributed by atoms with van der Waals surface area (Å²) in [6.07, 6.45) is 0. The highest BCUT2D eigenvalue weighted by atomic mass is 19.1. The summed E-state index contributed by atoms with van der Waals surface area (Å²) < 4.78 is 13.0. The van der Waals surface area contributed by atoms with Crippen LogP contribution in [-0.2, 0) is 4.79 Å². The Morgan fingerprint density at radius 3 is 2.44 bits per heavy atom. The molecule has 0 unspecified atom stereocenters. The number of nitrogens with one attached hydrogen (secondary N) is 1. The number of hydrogen-bond acceptors (Lipinski definition) is 4. The monoisotopic (exact) mass is 343 g/mol. The lowest BCUT2D eigenvalue weighted by atomic mass is 10.3. The molecule has 2 heterocycles. The Hall–Kier alpha value is -3.03. The number of benzene rings is 1. The molecule has 1 aromatic heterocycles. The third-order valence-electron chi connectivity index (χ3n) is 3.80. The van der Waals surface area contributed by atoms with Gasteiger partial charge in [0.1, 0.15) is 12.4 Å². The Kier molecular flexibility index (Phi) is 4.60. The molecule has 3 amide bonds. The van der Waals surface area contributed by atoms with Crippen LogP contribution in [0, 0.1) is 19.7 Å². The van der Waals surface area contributed by atoms with Gasteiger partial charge in [0, 0.05) is 30.2 Å². The molecular weight excluding hydrogens is 325 g/mol. The molecule has 1 saturated heterocycles. The van der Waals surface area contributed by atoms with Gasteiger partial charge in [0.05, 0.1) is 0 Å². The van der Waals surface area contributed by atoms with Crippen LogP contribution in [0.4, 0.5) is 20.8 Å². The van der Waals surface area contributed by atoms with E-state index in [9.17, 15) is 14.0 Å². The molecular formula is C17H18FN5O2. The molecule has 0 aliphatic carbocycles. The van der Waals surface area contributed by atoms with Gasteiger partial charge in [-0.3, -0.25) is 15.0 Å².